The van der Waals surface area contributed by atoms with Gasteiger partial charge in [-0.1, -0.05) is 13.8 Å². The molecule has 1 amide bonds. The maximum Gasteiger partial charge on any atom is 0.408 e. The molecule has 1 fully saturated rings. The van der Waals surface area contributed by atoms with Gasteiger partial charge in [0.05, 0.1) is 6.10 Å². The Morgan fingerprint density at radius 3 is 2.30 bits per heavy atom. The van der Waals surface area contributed by atoms with Crippen LogP contribution >= 0.6 is 0 Å². The van der Waals surface area contributed by atoms with Gasteiger partial charge in [-0.15, -0.1) is 0 Å². The number of β-amino-alcohol motifs (C(OH)–C–C–N with tert-alkyl or cyclic N) is 1. The molecule has 0 aliphatic carbocycles. The van der Waals surface area contributed by atoms with Crippen LogP contribution < -0.4 is 10.6 Å². The molecule has 0 aromatic carbocycles. The fourth-order valence-corrected chi connectivity index (χ4v) is 2.06. The van der Waals surface area contributed by atoms with Gasteiger partial charge in [0.15, 0.2) is 0 Å². The molecule has 0 aromatic rings. The minimum atomic E-state index is -1.000. The number of alkyl carbamates (subject to hydrolysis) is 1. The predicted molar refractivity (Wildman–Crippen MR) is 81.5 cm³/mol. The first-order valence-corrected chi connectivity index (χ1v) is 7.66. The lowest BCUT2D eigenvalue weighted by atomic mass is 10.1. The summed E-state index contributed by atoms with van der Waals surface area (Å²) in [6.07, 6.45) is -1.20. The summed E-state index contributed by atoms with van der Waals surface area (Å²) in [5.41, 5.74) is -0.699. The van der Waals surface area contributed by atoms with Crippen molar-refractivity contribution in [3.63, 3.8) is 0 Å². The van der Waals surface area contributed by atoms with Gasteiger partial charge in [0.25, 0.3) is 0 Å². The third-order valence-corrected chi connectivity index (χ3v) is 3.19. The fraction of sp³-hybridized carbons (Fsp3) is 0.800. The molecule has 132 valence electrons. The van der Waals surface area contributed by atoms with Crippen LogP contribution in [0, 0.1) is 5.92 Å². The van der Waals surface area contributed by atoms with Crippen LogP contribution in [0.1, 0.15) is 41.0 Å². The highest BCUT2D eigenvalue weighted by molar-refractivity contribution is 5.92. The van der Waals surface area contributed by atoms with Crippen molar-refractivity contribution in [2.24, 2.45) is 5.92 Å². The third-order valence-electron chi connectivity index (χ3n) is 3.19. The zero-order chi connectivity index (χ0) is 17.8. The number of hydrogen-bond acceptors (Lipinski definition) is 7. The van der Waals surface area contributed by atoms with Crippen molar-refractivity contribution in [3.05, 3.63) is 0 Å². The molecule has 1 aliphatic rings. The molecular weight excluding hydrogens is 304 g/mol. The molecule has 1 heterocycles. The van der Waals surface area contributed by atoms with Crippen molar-refractivity contribution in [1.82, 2.24) is 10.6 Å². The standard InChI is InChI=1S/C15H26N2O6/c1-8(2)11(17-14(21)23-15(3,4)5)13(20)22-12(19)10-6-9(18)7-16-10/h8-11,16,18H,6-7H2,1-5H3,(H,17,21)/t9-,10+,11+/m1/s1. The summed E-state index contributed by atoms with van der Waals surface area (Å²) in [6, 6.07) is -1.72. The van der Waals surface area contributed by atoms with E-state index in [0.717, 1.165) is 0 Å². The monoisotopic (exact) mass is 330 g/mol. The zero-order valence-electron chi connectivity index (χ0n) is 14.2. The van der Waals surface area contributed by atoms with E-state index in [1.54, 1.807) is 34.6 Å². The van der Waals surface area contributed by atoms with E-state index in [0.29, 0.717) is 0 Å². The van der Waals surface area contributed by atoms with E-state index in [4.69, 9.17) is 9.47 Å². The maximum atomic E-state index is 12.1. The van der Waals surface area contributed by atoms with E-state index in [2.05, 4.69) is 10.6 Å². The van der Waals surface area contributed by atoms with Crippen LogP contribution in [0.25, 0.3) is 0 Å². The molecule has 1 aliphatic heterocycles. The molecule has 1 saturated heterocycles. The van der Waals surface area contributed by atoms with Crippen LogP contribution in [-0.4, -0.2) is 53.5 Å². The Morgan fingerprint density at radius 2 is 1.87 bits per heavy atom. The lowest BCUT2D eigenvalue weighted by Gasteiger charge is -2.24. The van der Waals surface area contributed by atoms with Crippen molar-refractivity contribution in [2.75, 3.05) is 6.54 Å². The zero-order valence-corrected chi connectivity index (χ0v) is 14.2. The quantitative estimate of drug-likeness (QED) is 0.503. The van der Waals surface area contributed by atoms with E-state index in [-0.39, 0.29) is 18.9 Å². The number of nitrogens with one attached hydrogen (secondary N) is 2. The second-order valence-electron chi connectivity index (χ2n) is 6.96. The highest BCUT2D eigenvalue weighted by Crippen LogP contribution is 2.12. The number of carbonyl (C=O) groups excluding carboxylic acids is 3. The summed E-state index contributed by atoms with van der Waals surface area (Å²) in [5.74, 6) is -1.90. The normalized spacial score (nSPS) is 22.6. The van der Waals surface area contributed by atoms with Crippen LogP contribution in [-0.2, 0) is 19.1 Å². The Hall–Kier alpha value is -1.67. The van der Waals surface area contributed by atoms with Gasteiger partial charge >= 0.3 is 18.0 Å². The molecule has 3 N–H and O–H groups in total. The fourth-order valence-electron chi connectivity index (χ4n) is 2.06. The first-order chi connectivity index (χ1) is 10.5. The summed E-state index contributed by atoms with van der Waals surface area (Å²) in [6.45, 7) is 8.82. The molecule has 0 radical (unpaired) electrons. The molecule has 8 nitrogen and oxygen atoms in total. The average Bonchev–Trinajstić information content (AvgIpc) is 2.80. The Kier molecular flexibility index (Phi) is 6.52. The SMILES string of the molecule is CC(C)[C@H](NC(=O)OC(C)(C)C)C(=O)OC(=O)[C@@H]1C[C@@H](O)CN1. The predicted octanol–water partition coefficient (Wildman–Crippen LogP) is 0.328. The van der Waals surface area contributed by atoms with Crippen molar-refractivity contribution < 1.29 is 29.0 Å². The van der Waals surface area contributed by atoms with Crippen molar-refractivity contribution >= 4 is 18.0 Å². The highest BCUT2D eigenvalue weighted by Gasteiger charge is 2.34. The summed E-state index contributed by atoms with van der Waals surface area (Å²) < 4.78 is 9.91. The molecule has 0 spiro atoms. The Bertz CT molecular complexity index is 457. The van der Waals surface area contributed by atoms with Crippen LogP contribution in [0.15, 0.2) is 0 Å². The number of ether oxygens (including phenoxy) is 2. The summed E-state index contributed by atoms with van der Waals surface area (Å²) in [5, 5.41) is 14.6. The molecule has 0 unspecified atom stereocenters. The highest BCUT2D eigenvalue weighted by atomic mass is 16.6. The third kappa shape index (κ3) is 6.54. The Balaban J connectivity index is 2.61. The Morgan fingerprint density at radius 1 is 1.26 bits per heavy atom. The van der Waals surface area contributed by atoms with Crippen LogP contribution in [0.5, 0.6) is 0 Å². The van der Waals surface area contributed by atoms with Gasteiger partial charge in [0.2, 0.25) is 0 Å². The van der Waals surface area contributed by atoms with E-state index in [9.17, 15) is 19.5 Å². The molecule has 1 rings (SSSR count). The molecule has 0 bridgehead atoms. The number of rotatable bonds is 4. The van der Waals surface area contributed by atoms with Crippen molar-refractivity contribution in [2.45, 2.75) is 64.8 Å². The topological polar surface area (TPSA) is 114 Å². The second-order valence-corrected chi connectivity index (χ2v) is 6.96. The average molecular weight is 330 g/mol. The van der Waals surface area contributed by atoms with Gasteiger partial charge in [0.1, 0.15) is 17.7 Å². The Labute approximate surface area is 135 Å². The summed E-state index contributed by atoms with van der Waals surface area (Å²) >= 11 is 0. The molecule has 0 saturated carbocycles. The summed E-state index contributed by atoms with van der Waals surface area (Å²) in [7, 11) is 0. The first-order valence-electron chi connectivity index (χ1n) is 7.66. The van der Waals surface area contributed by atoms with E-state index >= 15 is 0 Å². The lowest BCUT2D eigenvalue weighted by Crippen LogP contribution is -2.48. The largest absolute Gasteiger partial charge is 0.444 e. The smallest absolute Gasteiger partial charge is 0.408 e. The minimum Gasteiger partial charge on any atom is -0.444 e. The number of amides is 1. The maximum absolute atomic E-state index is 12.1. The second kappa shape index (κ2) is 7.74. The van der Waals surface area contributed by atoms with Gasteiger partial charge in [-0.05, 0) is 26.7 Å². The number of esters is 2. The summed E-state index contributed by atoms with van der Waals surface area (Å²) in [4.78, 5) is 35.8. The van der Waals surface area contributed by atoms with E-state index in [1.807, 2.05) is 0 Å². The van der Waals surface area contributed by atoms with Gasteiger partial charge < -0.3 is 25.2 Å². The number of aliphatic hydroxyl groups excluding tert-OH is 1. The van der Waals surface area contributed by atoms with Crippen LogP contribution in [0.3, 0.4) is 0 Å². The van der Waals surface area contributed by atoms with Crippen LogP contribution in [0.4, 0.5) is 4.79 Å². The van der Waals surface area contributed by atoms with E-state index in [1.165, 1.54) is 0 Å². The van der Waals surface area contributed by atoms with E-state index < -0.39 is 41.8 Å². The number of hydrogen-bond donors (Lipinski definition) is 3. The molecule has 23 heavy (non-hydrogen) atoms. The first kappa shape index (κ1) is 19.4. The van der Waals surface area contributed by atoms with Crippen LogP contribution in [0.2, 0.25) is 0 Å². The van der Waals surface area contributed by atoms with Crippen molar-refractivity contribution in [1.29, 1.82) is 0 Å². The van der Waals surface area contributed by atoms with Gasteiger partial charge in [-0.25, -0.2) is 14.4 Å². The van der Waals surface area contributed by atoms with Gasteiger partial charge in [-0.2, -0.15) is 0 Å². The molecule has 8 heteroatoms. The number of aliphatic hydroxyl groups is 1. The lowest BCUT2D eigenvalue weighted by molar-refractivity contribution is -0.163. The van der Waals surface area contributed by atoms with Gasteiger partial charge in [-0.3, -0.25) is 0 Å². The molecule has 3 atom stereocenters. The molecule has 0 aromatic heterocycles. The molecular formula is C15H26N2O6. The number of carbonyl (C=O) groups is 3. The minimum absolute atomic E-state index is 0.192. The van der Waals surface area contributed by atoms with Gasteiger partial charge in [0, 0.05) is 13.0 Å². The van der Waals surface area contributed by atoms with Crippen molar-refractivity contribution in [3.8, 4) is 0 Å².